The van der Waals surface area contributed by atoms with Crippen molar-refractivity contribution in [2.24, 2.45) is 0 Å². The third-order valence-corrected chi connectivity index (χ3v) is 4.24. The third-order valence-electron chi connectivity index (χ3n) is 3.75. The van der Waals surface area contributed by atoms with E-state index < -0.39 is 0 Å². The van der Waals surface area contributed by atoms with Gasteiger partial charge in [0.1, 0.15) is 0 Å². The van der Waals surface area contributed by atoms with Gasteiger partial charge in [0.15, 0.2) is 0 Å². The fourth-order valence-electron chi connectivity index (χ4n) is 2.59. The van der Waals surface area contributed by atoms with Crippen LogP contribution in [0.1, 0.15) is 27.9 Å². The van der Waals surface area contributed by atoms with Crippen molar-refractivity contribution < 1.29 is 4.79 Å². The molecule has 0 fully saturated rings. The van der Waals surface area contributed by atoms with Gasteiger partial charge in [-0.1, -0.05) is 22.0 Å². The molecule has 0 bridgehead atoms. The van der Waals surface area contributed by atoms with Gasteiger partial charge >= 0.3 is 0 Å². The van der Waals surface area contributed by atoms with Crippen LogP contribution in [0, 0.1) is 6.92 Å². The third kappa shape index (κ3) is 3.10. The molecule has 21 heavy (non-hydrogen) atoms. The van der Waals surface area contributed by atoms with Gasteiger partial charge in [-0.15, -0.1) is 0 Å². The van der Waals surface area contributed by atoms with Gasteiger partial charge in [0, 0.05) is 28.0 Å². The Hall–Kier alpha value is -1.81. The standard InChI is InChI=1S/C17H17BrN2O/c1-11-4-5-13(18)10-15(11)17(21)20-14-6-7-16-12(9-14)3-2-8-19-16/h4-7,9-10,19H,2-3,8H2,1H3,(H,20,21). The summed E-state index contributed by atoms with van der Waals surface area (Å²) in [7, 11) is 0. The fraction of sp³-hybridized carbons (Fsp3) is 0.235. The van der Waals surface area contributed by atoms with Gasteiger partial charge in [-0.05, 0) is 61.2 Å². The zero-order valence-corrected chi connectivity index (χ0v) is 13.5. The minimum atomic E-state index is -0.0717. The van der Waals surface area contributed by atoms with E-state index >= 15 is 0 Å². The number of halogens is 1. The SMILES string of the molecule is Cc1ccc(Br)cc1C(=O)Nc1ccc2c(c1)CCCN2. The van der Waals surface area contributed by atoms with Crippen LogP contribution in [0.5, 0.6) is 0 Å². The van der Waals surface area contributed by atoms with Crippen LogP contribution in [0.3, 0.4) is 0 Å². The highest BCUT2D eigenvalue weighted by Crippen LogP contribution is 2.26. The molecule has 1 heterocycles. The number of aryl methyl sites for hydroxylation is 2. The van der Waals surface area contributed by atoms with Gasteiger partial charge in [-0.25, -0.2) is 0 Å². The van der Waals surface area contributed by atoms with E-state index in [0.717, 1.165) is 35.1 Å². The fourth-order valence-corrected chi connectivity index (χ4v) is 2.95. The summed E-state index contributed by atoms with van der Waals surface area (Å²) in [6.45, 7) is 2.97. The molecular formula is C17H17BrN2O. The zero-order valence-electron chi connectivity index (χ0n) is 11.9. The number of fused-ring (bicyclic) bond motifs is 1. The molecule has 3 nitrogen and oxygen atoms in total. The molecule has 108 valence electrons. The first-order valence-corrected chi connectivity index (χ1v) is 7.87. The molecule has 0 saturated carbocycles. The van der Waals surface area contributed by atoms with Gasteiger partial charge in [-0.2, -0.15) is 0 Å². The van der Waals surface area contributed by atoms with Crippen molar-refractivity contribution in [3.05, 3.63) is 57.6 Å². The molecular weight excluding hydrogens is 328 g/mol. The quantitative estimate of drug-likeness (QED) is 0.849. The van der Waals surface area contributed by atoms with Crippen LogP contribution in [0.15, 0.2) is 40.9 Å². The summed E-state index contributed by atoms with van der Waals surface area (Å²) >= 11 is 3.41. The first-order chi connectivity index (χ1) is 10.1. The van der Waals surface area contributed by atoms with Crippen LogP contribution in [0.2, 0.25) is 0 Å². The van der Waals surface area contributed by atoms with Crippen LogP contribution in [0.4, 0.5) is 11.4 Å². The molecule has 3 rings (SSSR count). The molecule has 0 atom stereocenters. The highest BCUT2D eigenvalue weighted by atomic mass is 79.9. The topological polar surface area (TPSA) is 41.1 Å². The summed E-state index contributed by atoms with van der Waals surface area (Å²) in [6, 6.07) is 11.8. The number of hydrogen-bond donors (Lipinski definition) is 2. The zero-order chi connectivity index (χ0) is 14.8. The normalized spacial score (nSPS) is 13.2. The van der Waals surface area contributed by atoms with Crippen molar-refractivity contribution >= 4 is 33.2 Å². The first kappa shape index (κ1) is 14.1. The number of carbonyl (C=O) groups excluding carboxylic acids is 1. The van der Waals surface area contributed by atoms with Gasteiger partial charge < -0.3 is 10.6 Å². The minimum Gasteiger partial charge on any atom is -0.385 e. The minimum absolute atomic E-state index is 0.0717. The molecule has 0 saturated heterocycles. The van der Waals surface area contributed by atoms with Crippen molar-refractivity contribution in [3.8, 4) is 0 Å². The number of benzene rings is 2. The Labute approximate surface area is 132 Å². The summed E-state index contributed by atoms with van der Waals surface area (Å²) in [5.74, 6) is -0.0717. The van der Waals surface area contributed by atoms with Gasteiger partial charge in [0.05, 0.1) is 0 Å². The summed E-state index contributed by atoms with van der Waals surface area (Å²) in [5, 5.41) is 6.36. The summed E-state index contributed by atoms with van der Waals surface area (Å²) in [5.41, 5.74) is 4.96. The van der Waals surface area contributed by atoms with E-state index in [2.05, 4.69) is 32.6 Å². The second-order valence-electron chi connectivity index (χ2n) is 5.32. The van der Waals surface area contributed by atoms with E-state index in [1.807, 2.05) is 37.3 Å². The van der Waals surface area contributed by atoms with Crippen molar-refractivity contribution in [1.82, 2.24) is 0 Å². The number of anilines is 2. The lowest BCUT2D eigenvalue weighted by Gasteiger charge is -2.19. The number of hydrogen-bond acceptors (Lipinski definition) is 2. The Balaban J connectivity index is 1.83. The summed E-state index contributed by atoms with van der Waals surface area (Å²) in [6.07, 6.45) is 2.19. The highest BCUT2D eigenvalue weighted by Gasteiger charge is 2.12. The van der Waals surface area contributed by atoms with E-state index in [4.69, 9.17) is 0 Å². The molecule has 2 aromatic carbocycles. The largest absolute Gasteiger partial charge is 0.385 e. The van der Waals surface area contributed by atoms with E-state index in [1.54, 1.807) is 0 Å². The van der Waals surface area contributed by atoms with Crippen LogP contribution in [0.25, 0.3) is 0 Å². The lowest BCUT2D eigenvalue weighted by atomic mass is 10.0. The Morgan fingerprint density at radius 3 is 2.95 bits per heavy atom. The van der Waals surface area contributed by atoms with Gasteiger partial charge in [-0.3, -0.25) is 4.79 Å². The Morgan fingerprint density at radius 2 is 2.10 bits per heavy atom. The van der Waals surface area contributed by atoms with Crippen LogP contribution < -0.4 is 10.6 Å². The molecule has 1 aliphatic heterocycles. The monoisotopic (exact) mass is 344 g/mol. The molecule has 2 aromatic rings. The molecule has 0 unspecified atom stereocenters. The number of carbonyl (C=O) groups is 1. The lowest BCUT2D eigenvalue weighted by molar-refractivity contribution is 0.102. The summed E-state index contributed by atoms with van der Waals surface area (Å²) < 4.78 is 0.910. The molecule has 0 spiro atoms. The average Bonchev–Trinajstić information content (AvgIpc) is 2.49. The van der Waals surface area contributed by atoms with Crippen molar-refractivity contribution in [3.63, 3.8) is 0 Å². The predicted molar refractivity (Wildman–Crippen MR) is 90.1 cm³/mol. The predicted octanol–water partition coefficient (Wildman–Crippen LogP) is 4.37. The Bertz CT molecular complexity index is 697. The second-order valence-corrected chi connectivity index (χ2v) is 6.23. The van der Waals surface area contributed by atoms with Gasteiger partial charge in [0.2, 0.25) is 0 Å². The van der Waals surface area contributed by atoms with Crippen molar-refractivity contribution in [2.45, 2.75) is 19.8 Å². The molecule has 2 N–H and O–H groups in total. The maximum absolute atomic E-state index is 12.4. The van der Waals surface area contributed by atoms with E-state index in [1.165, 1.54) is 11.3 Å². The van der Waals surface area contributed by atoms with Crippen LogP contribution in [-0.2, 0) is 6.42 Å². The smallest absolute Gasteiger partial charge is 0.255 e. The number of amides is 1. The lowest BCUT2D eigenvalue weighted by Crippen LogP contribution is -2.15. The Kier molecular flexibility index (Phi) is 3.97. The average molecular weight is 345 g/mol. The molecule has 1 amide bonds. The molecule has 0 aromatic heterocycles. The maximum Gasteiger partial charge on any atom is 0.255 e. The van der Waals surface area contributed by atoms with Gasteiger partial charge in [0.25, 0.3) is 5.91 Å². The molecule has 1 aliphatic rings. The van der Waals surface area contributed by atoms with Crippen molar-refractivity contribution in [1.29, 1.82) is 0 Å². The highest BCUT2D eigenvalue weighted by molar-refractivity contribution is 9.10. The molecule has 0 aliphatic carbocycles. The van der Waals surface area contributed by atoms with Crippen LogP contribution in [-0.4, -0.2) is 12.5 Å². The summed E-state index contributed by atoms with van der Waals surface area (Å²) in [4.78, 5) is 12.4. The second kappa shape index (κ2) is 5.90. The maximum atomic E-state index is 12.4. The number of nitrogens with one attached hydrogen (secondary N) is 2. The number of rotatable bonds is 2. The first-order valence-electron chi connectivity index (χ1n) is 7.08. The van der Waals surface area contributed by atoms with E-state index in [9.17, 15) is 4.79 Å². The van der Waals surface area contributed by atoms with E-state index in [-0.39, 0.29) is 5.91 Å². The van der Waals surface area contributed by atoms with E-state index in [0.29, 0.717) is 5.56 Å². The van der Waals surface area contributed by atoms with Crippen LogP contribution >= 0.6 is 15.9 Å². The van der Waals surface area contributed by atoms with Crippen molar-refractivity contribution in [2.75, 3.05) is 17.2 Å². The molecule has 0 radical (unpaired) electrons. The molecule has 4 heteroatoms. The Morgan fingerprint density at radius 1 is 1.24 bits per heavy atom.